The second kappa shape index (κ2) is 4.30. The summed E-state index contributed by atoms with van der Waals surface area (Å²) < 4.78 is 0. The minimum Gasteiger partial charge on any atom is -0.353 e. The van der Waals surface area contributed by atoms with E-state index in [1.165, 1.54) is 0 Å². The number of hydrogen-bond acceptors (Lipinski definition) is 2. The Kier molecular flexibility index (Phi) is 3.53. The average Bonchev–Trinajstić information content (AvgIpc) is 2.50. The van der Waals surface area contributed by atoms with Crippen LogP contribution in [0.2, 0.25) is 0 Å². The van der Waals surface area contributed by atoms with Gasteiger partial charge in [-0.15, -0.1) is 0 Å². The van der Waals surface area contributed by atoms with Gasteiger partial charge in [-0.25, -0.2) is 0 Å². The fraction of sp³-hybridized carbons (Fsp3) is 0.909. The van der Waals surface area contributed by atoms with Crippen molar-refractivity contribution in [2.45, 2.75) is 46.1 Å². The molecule has 1 fully saturated rings. The molecule has 1 aliphatic carbocycles. The van der Waals surface area contributed by atoms with Crippen LogP contribution in [0.5, 0.6) is 0 Å². The number of carbonyl (C=O) groups excluding carboxylic acids is 1. The highest BCUT2D eigenvalue weighted by molar-refractivity contribution is 5.81. The molecule has 1 rings (SSSR count). The molecule has 0 aliphatic heterocycles. The van der Waals surface area contributed by atoms with Crippen molar-refractivity contribution in [2.75, 3.05) is 6.54 Å². The van der Waals surface area contributed by atoms with Crippen molar-refractivity contribution >= 4 is 5.91 Å². The molecule has 1 saturated carbocycles. The van der Waals surface area contributed by atoms with Gasteiger partial charge in [-0.05, 0) is 31.7 Å². The van der Waals surface area contributed by atoms with Crippen LogP contribution in [-0.4, -0.2) is 18.5 Å². The first-order valence-electron chi connectivity index (χ1n) is 5.44. The first kappa shape index (κ1) is 11.5. The van der Waals surface area contributed by atoms with Gasteiger partial charge in [0, 0.05) is 11.5 Å². The number of amides is 1. The lowest BCUT2D eigenvalue weighted by atomic mass is 9.95. The second-order valence-electron chi connectivity index (χ2n) is 5.34. The van der Waals surface area contributed by atoms with Crippen LogP contribution >= 0.6 is 0 Å². The van der Waals surface area contributed by atoms with Crippen molar-refractivity contribution < 1.29 is 4.79 Å². The molecule has 14 heavy (non-hydrogen) atoms. The highest BCUT2D eigenvalue weighted by atomic mass is 16.2. The average molecular weight is 198 g/mol. The fourth-order valence-electron chi connectivity index (χ4n) is 1.82. The van der Waals surface area contributed by atoms with E-state index < -0.39 is 0 Å². The Morgan fingerprint density at radius 2 is 2.07 bits per heavy atom. The molecule has 0 saturated heterocycles. The molecule has 3 N–H and O–H groups in total. The normalized spacial score (nSPS) is 27.7. The van der Waals surface area contributed by atoms with E-state index in [9.17, 15) is 4.79 Å². The summed E-state index contributed by atoms with van der Waals surface area (Å²) in [6, 6.07) is 0.357. The highest BCUT2D eigenvalue weighted by Gasteiger charge is 2.28. The van der Waals surface area contributed by atoms with Gasteiger partial charge in [-0.3, -0.25) is 4.79 Å². The van der Waals surface area contributed by atoms with Crippen molar-refractivity contribution in [3.05, 3.63) is 0 Å². The number of nitrogens with one attached hydrogen (secondary N) is 1. The first-order valence-corrected chi connectivity index (χ1v) is 5.44. The van der Waals surface area contributed by atoms with Crippen LogP contribution in [0.4, 0.5) is 0 Å². The van der Waals surface area contributed by atoms with Crippen LogP contribution in [0, 0.1) is 11.3 Å². The van der Waals surface area contributed by atoms with Gasteiger partial charge < -0.3 is 11.1 Å². The van der Waals surface area contributed by atoms with Gasteiger partial charge in [0.05, 0.1) is 0 Å². The molecule has 0 aromatic heterocycles. The number of nitrogens with two attached hydrogens (primary N) is 1. The van der Waals surface area contributed by atoms with Crippen molar-refractivity contribution in [1.29, 1.82) is 0 Å². The summed E-state index contributed by atoms with van der Waals surface area (Å²) in [7, 11) is 0. The van der Waals surface area contributed by atoms with Gasteiger partial charge in [0.25, 0.3) is 0 Å². The molecule has 0 radical (unpaired) electrons. The molecule has 0 bridgehead atoms. The van der Waals surface area contributed by atoms with Crippen molar-refractivity contribution in [2.24, 2.45) is 17.1 Å². The standard InChI is InChI=1S/C11H22N2O/c1-11(2,3)10(14)13-9-5-4-8(6-9)7-12/h8-9H,4-7,12H2,1-3H3,(H,13,14). The van der Waals surface area contributed by atoms with Crippen LogP contribution in [0.3, 0.4) is 0 Å². The summed E-state index contributed by atoms with van der Waals surface area (Å²) in [4.78, 5) is 11.7. The Bertz CT molecular complexity index is 208. The lowest BCUT2D eigenvalue weighted by Crippen LogP contribution is -2.40. The summed E-state index contributed by atoms with van der Waals surface area (Å²) in [5, 5.41) is 3.09. The molecule has 1 amide bonds. The molecule has 3 nitrogen and oxygen atoms in total. The van der Waals surface area contributed by atoms with E-state index in [1.54, 1.807) is 0 Å². The third-order valence-electron chi connectivity index (χ3n) is 2.89. The summed E-state index contributed by atoms with van der Waals surface area (Å²) in [5.74, 6) is 0.764. The summed E-state index contributed by atoms with van der Waals surface area (Å²) in [5.41, 5.74) is 5.32. The zero-order valence-corrected chi connectivity index (χ0v) is 9.47. The molecule has 3 heteroatoms. The van der Waals surface area contributed by atoms with Crippen LogP contribution in [0.15, 0.2) is 0 Å². The lowest BCUT2D eigenvalue weighted by Gasteiger charge is -2.21. The highest BCUT2D eigenvalue weighted by Crippen LogP contribution is 2.25. The molecule has 82 valence electrons. The zero-order chi connectivity index (χ0) is 10.8. The topological polar surface area (TPSA) is 55.1 Å². The van der Waals surface area contributed by atoms with Crippen LogP contribution in [0.1, 0.15) is 40.0 Å². The molecule has 1 aliphatic rings. The Hall–Kier alpha value is -0.570. The second-order valence-corrected chi connectivity index (χ2v) is 5.34. The monoisotopic (exact) mass is 198 g/mol. The molecular formula is C11H22N2O. The van der Waals surface area contributed by atoms with Gasteiger partial charge in [0.15, 0.2) is 0 Å². The summed E-state index contributed by atoms with van der Waals surface area (Å²) >= 11 is 0. The lowest BCUT2D eigenvalue weighted by molar-refractivity contribution is -0.129. The fourth-order valence-corrected chi connectivity index (χ4v) is 1.82. The van der Waals surface area contributed by atoms with Crippen LogP contribution in [-0.2, 0) is 4.79 Å². The van der Waals surface area contributed by atoms with Gasteiger partial charge >= 0.3 is 0 Å². The smallest absolute Gasteiger partial charge is 0.225 e. The van der Waals surface area contributed by atoms with Gasteiger partial charge in [0.2, 0.25) is 5.91 Å². The number of hydrogen-bond donors (Lipinski definition) is 2. The van der Waals surface area contributed by atoms with E-state index in [1.807, 2.05) is 20.8 Å². The summed E-state index contributed by atoms with van der Waals surface area (Å²) in [6.45, 7) is 6.58. The molecule has 2 atom stereocenters. The summed E-state index contributed by atoms with van der Waals surface area (Å²) in [6.07, 6.45) is 3.30. The Morgan fingerprint density at radius 3 is 2.50 bits per heavy atom. The van der Waals surface area contributed by atoms with Gasteiger partial charge in [-0.2, -0.15) is 0 Å². The molecule has 0 heterocycles. The first-order chi connectivity index (χ1) is 6.43. The number of carbonyl (C=O) groups is 1. The van der Waals surface area contributed by atoms with E-state index in [-0.39, 0.29) is 11.3 Å². The van der Waals surface area contributed by atoms with Crippen molar-refractivity contribution in [1.82, 2.24) is 5.32 Å². The largest absolute Gasteiger partial charge is 0.353 e. The molecule has 0 aromatic rings. The molecule has 0 spiro atoms. The predicted octanol–water partition coefficient (Wildman–Crippen LogP) is 1.28. The maximum Gasteiger partial charge on any atom is 0.225 e. The maximum absolute atomic E-state index is 11.7. The van der Waals surface area contributed by atoms with E-state index in [2.05, 4.69) is 5.32 Å². The molecule has 0 aromatic carbocycles. The maximum atomic E-state index is 11.7. The van der Waals surface area contributed by atoms with Gasteiger partial charge in [-0.1, -0.05) is 20.8 Å². The van der Waals surface area contributed by atoms with E-state index in [0.29, 0.717) is 12.0 Å². The van der Waals surface area contributed by atoms with E-state index in [0.717, 1.165) is 25.8 Å². The Balaban J connectivity index is 2.36. The Labute approximate surface area is 86.4 Å². The van der Waals surface area contributed by atoms with E-state index in [4.69, 9.17) is 5.73 Å². The third kappa shape index (κ3) is 2.98. The van der Waals surface area contributed by atoms with Crippen LogP contribution < -0.4 is 11.1 Å². The van der Waals surface area contributed by atoms with Crippen molar-refractivity contribution in [3.8, 4) is 0 Å². The predicted molar refractivity (Wildman–Crippen MR) is 57.8 cm³/mol. The SMILES string of the molecule is CC(C)(C)C(=O)NC1CCC(CN)C1. The minimum atomic E-state index is -0.277. The molecule has 2 unspecified atom stereocenters. The quantitative estimate of drug-likeness (QED) is 0.702. The minimum absolute atomic E-state index is 0.153. The van der Waals surface area contributed by atoms with Crippen LogP contribution in [0.25, 0.3) is 0 Å². The van der Waals surface area contributed by atoms with Crippen molar-refractivity contribution in [3.63, 3.8) is 0 Å². The zero-order valence-electron chi connectivity index (χ0n) is 9.47. The van der Waals surface area contributed by atoms with E-state index >= 15 is 0 Å². The number of rotatable bonds is 2. The Morgan fingerprint density at radius 1 is 1.43 bits per heavy atom. The molecular weight excluding hydrogens is 176 g/mol. The third-order valence-corrected chi connectivity index (χ3v) is 2.89. The van der Waals surface area contributed by atoms with Gasteiger partial charge in [0.1, 0.15) is 0 Å².